The molecule has 3 fully saturated rings. The van der Waals surface area contributed by atoms with Crippen LogP contribution in [0.25, 0.3) is 10.8 Å². The number of Topliss-reactive ketones (excluding diaryl/α,β-unsaturated/α-hetero) is 1. The second kappa shape index (κ2) is 13.6. The number of rotatable bonds is 9. The summed E-state index contributed by atoms with van der Waals surface area (Å²) in [6.45, 7) is 4.97. The molecule has 2 N–H and O–H groups in total. The number of aliphatic hydroxyl groups excluding tert-OH is 1. The van der Waals surface area contributed by atoms with Gasteiger partial charge in [-0.1, -0.05) is 86.1 Å². The molecule has 2 bridgehead atoms. The largest absolute Gasteiger partial charge is 0.415 e. The van der Waals surface area contributed by atoms with Crippen molar-refractivity contribution < 1.29 is 28.9 Å². The van der Waals surface area contributed by atoms with Crippen LogP contribution in [-0.2, 0) is 17.6 Å². The lowest BCUT2D eigenvalue weighted by molar-refractivity contribution is -0.178. The minimum atomic E-state index is -1.28. The molecule has 3 aromatic carbocycles. The average Bonchev–Trinajstić information content (AvgIpc) is 3.80. The van der Waals surface area contributed by atoms with Gasteiger partial charge in [-0.3, -0.25) is 4.79 Å². The van der Waals surface area contributed by atoms with Crippen LogP contribution in [0.5, 0.6) is 5.75 Å². The van der Waals surface area contributed by atoms with Crippen molar-refractivity contribution in [3.8, 4) is 5.75 Å². The zero-order chi connectivity index (χ0) is 39.1. The van der Waals surface area contributed by atoms with Gasteiger partial charge in [-0.05, 0) is 115 Å². The predicted molar refractivity (Wildman–Crippen MR) is 218 cm³/mol. The first kappa shape index (κ1) is 37.7. The van der Waals surface area contributed by atoms with Crippen molar-refractivity contribution >= 4 is 45.6 Å². The third-order valence-electron chi connectivity index (χ3n) is 15.3. The van der Waals surface area contributed by atoms with Gasteiger partial charge in [0.05, 0.1) is 18.2 Å². The number of hydrogen-bond acceptors (Lipinski definition) is 6. The van der Waals surface area contributed by atoms with E-state index < -0.39 is 39.9 Å². The monoisotopic (exact) mass is 793 g/mol. The van der Waals surface area contributed by atoms with E-state index in [9.17, 15) is 19.8 Å². The fourth-order valence-corrected chi connectivity index (χ4v) is 13.2. The molecule has 10 rings (SSSR count). The maximum atomic E-state index is 15.2. The first-order valence-corrected chi connectivity index (χ1v) is 21.3. The Kier molecular flexibility index (Phi) is 9.20. The Morgan fingerprint density at radius 3 is 2.48 bits per heavy atom. The highest BCUT2D eigenvalue weighted by molar-refractivity contribution is 7.09. The summed E-state index contributed by atoms with van der Waals surface area (Å²) in [5.41, 5.74) is -2.51. The van der Waals surface area contributed by atoms with Crippen molar-refractivity contribution in [3.05, 3.63) is 123 Å². The molecule has 292 valence electrons. The van der Waals surface area contributed by atoms with Crippen molar-refractivity contribution in [2.75, 3.05) is 13.1 Å². The van der Waals surface area contributed by atoms with Crippen LogP contribution in [0.15, 0.2) is 102 Å². The van der Waals surface area contributed by atoms with Crippen LogP contribution in [0.1, 0.15) is 69.2 Å². The molecule has 4 aromatic rings. The number of ketones is 1. The number of allylic oxidation sites excluding steroid dienone is 4. The van der Waals surface area contributed by atoms with E-state index >= 15 is 4.39 Å². The molecule has 0 radical (unpaired) electrons. The topological polar surface area (TPSA) is 87.1 Å². The highest BCUT2D eigenvalue weighted by Crippen LogP contribution is 2.78. The number of ether oxygens (including phenoxy) is 1. The average molecular weight is 794 g/mol. The van der Waals surface area contributed by atoms with Crippen LogP contribution in [0, 0.1) is 39.3 Å². The second-order valence-electron chi connectivity index (χ2n) is 17.7. The first-order valence-electron chi connectivity index (χ1n) is 20.1. The SMILES string of the molecule is C[C@]12CC[C@H]3[C@]4(C=C[C@@]5(C=C4C(=O)Cc4c(F)cccc4Cl)CC(O)CC[C@]35C)[C@@H]1CC[C@@]2(O)CN(CCc1cccs1)C(=O)Oc1ccc2ccccc2c1. The number of fused-ring (bicyclic) bond motifs is 2. The molecule has 3 saturated carbocycles. The Bertz CT molecular complexity index is 2250. The summed E-state index contributed by atoms with van der Waals surface area (Å²) in [6.07, 6.45) is 10.8. The standard InChI is InChI=1S/C47H49ClFNO5S/c1-43-18-14-32(51)27-45(43)21-22-47(36(28-45)39(52)26-35-37(48)10-5-11-38(35)49)40(43)15-19-44(2)41(47)16-20-46(44,54)29-50(23-17-34-9-6-24-56-34)42(53)55-33-13-12-30-7-3-4-8-31(30)25-33/h3-13,21-22,24-25,28,32,40-41,51,54H,14-20,23,26-27,29H2,1-2H3/t32?,40-,41-,43-,44+,45+,46-,47-/m1/s1. The van der Waals surface area contributed by atoms with Crippen molar-refractivity contribution in [3.63, 3.8) is 0 Å². The van der Waals surface area contributed by atoms with Gasteiger partial charge >= 0.3 is 6.09 Å². The van der Waals surface area contributed by atoms with Gasteiger partial charge in [0, 0.05) is 50.2 Å². The van der Waals surface area contributed by atoms with Crippen LogP contribution in [0.4, 0.5) is 9.18 Å². The molecule has 6 aliphatic carbocycles. The molecule has 9 heteroatoms. The molecule has 1 amide bonds. The van der Waals surface area contributed by atoms with Gasteiger partial charge in [-0.2, -0.15) is 0 Å². The number of benzene rings is 3. The zero-order valence-electron chi connectivity index (χ0n) is 32.0. The number of amides is 1. The van der Waals surface area contributed by atoms with Crippen LogP contribution in [0.2, 0.25) is 5.02 Å². The van der Waals surface area contributed by atoms with Gasteiger partial charge in [-0.25, -0.2) is 9.18 Å². The van der Waals surface area contributed by atoms with E-state index in [4.69, 9.17) is 16.3 Å². The zero-order valence-corrected chi connectivity index (χ0v) is 33.6. The lowest BCUT2D eigenvalue weighted by Crippen LogP contribution is -2.67. The molecule has 1 heterocycles. The molecule has 1 unspecified atom stereocenters. The third kappa shape index (κ3) is 5.68. The minimum Gasteiger partial charge on any atom is -0.410 e. The van der Waals surface area contributed by atoms with E-state index in [1.165, 1.54) is 6.07 Å². The van der Waals surface area contributed by atoms with Crippen LogP contribution in [0.3, 0.4) is 0 Å². The van der Waals surface area contributed by atoms with E-state index in [1.54, 1.807) is 28.4 Å². The summed E-state index contributed by atoms with van der Waals surface area (Å²) < 4.78 is 21.3. The third-order valence-corrected chi connectivity index (χ3v) is 16.5. The fraction of sp³-hybridized carbons (Fsp3) is 0.447. The molecular formula is C47H49ClFNO5S. The minimum absolute atomic E-state index is 0.0840. The summed E-state index contributed by atoms with van der Waals surface area (Å²) in [4.78, 5) is 31.9. The van der Waals surface area contributed by atoms with Crippen molar-refractivity contribution in [1.82, 2.24) is 4.90 Å². The van der Waals surface area contributed by atoms with Crippen molar-refractivity contribution in [1.29, 1.82) is 0 Å². The highest BCUT2D eigenvalue weighted by Gasteiger charge is 2.74. The smallest absolute Gasteiger partial charge is 0.410 e. The van der Waals surface area contributed by atoms with Gasteiger partial charge in [-0.15, -0.1) is 11.3 Å². The Labute approximate surface area is 337 Å². The number of halogens is 2. The number of aliphatic hydroxyl groups is 2. The molecule has 0 aliphatic heterocycles. The molecule has 1 aromatic heterocycles. The van der Waals surface area contributed by atoms with Crippen LogP contribution < -0.4 is 4.74 Å². The van der Waals surface area contributed by atoms with Gasteiger partial charge in [0.15, 0.2) is 5.78 Å². The molecule has 56 heavy (non-hydrogen) atoms. The van der Waals surface area contributed by atoms with E-state index in [0.29, 0.717) is 50.0 Å². The fourth-order valence-electron chi connectivity index (χ4n) is 12.3. The van der Waals surface area contributed by atoms with Crippen LogP contribution in [-0.4, -0.2) is 51.8 Å². The van der Waals surface area contributed by atoms with Crippen molar-refractivity contribution in [2.24, 2.45) is 33.5 Å². The maximum absolute atomic E-state index is 15.2. The van der Waals surface area contributed by atoms with Gasteiger partial charge in [0.1, 0.15) is 11.6 Å². The van der Waals surface area contributed by atoms with E-state index in [0.717, 1.165) is 34.9 Å². The van der Waals surface area contributed by atoms with E-state index in [2.05, 4.69) is 38.1 Å². The number of nitrogens with zero attached hydrogens (tertiary/aromatic N) is 1. The first-order chi connectivity index (χ1) is 26.8. The molecule has 6 aliphatic rings. The molecule has 6 nitrogen and oxygen atoms in total. The maximum Gasteiger partial charge on any atom is 0.415 e. The van der Waals surface area contributed by atoms with Gasteiger partial charge in [0.2, 0.25) is 0 Å². The molecule has 0 saturated heterocycles. The molecule has 8 atom stereocenters. The summed E-state index contributed by atoms with van der Waals surface area (Å²) >= 11 is 8.14. The lowest BCUT2D eigenvalue weighted by atomic mass is 9.32. The Morgan fingerprint density at radius 2 is 1.70 bits per heavy atom. The summed E-state index contributed by atoms with van der Waals surface area (Å²) in [6, 6.07) is 22.1. The van der Waals surface area contributed by atoms with Crippen LogP contribution >= 0.6 is 22.9 Å². The number of thiophene rings is 1. The number of carbonyl (C=O) groups excluding carboxylic acids is 2. The van der Waals surface area contributed by atoms with E-state index in [1.807, 2.05) is 53.9 Å². The normalized spacial score (nSPS) is 34.0. The summed E-state index contributed by atoms with van der Waals surface area (Å²) in [5, 5.41) is 28.4. The molecule has 2 spiro atoms. The van der Waals surface area contributed by atoms with E-state index in [-0.39, 0.29) is 46.6 Å². The second-order valence-corrected chi connectivity index (χ2v) is 19.2. The highest BCUT2D eigenvalue weighted by atomic mass is 35.5. The van der Waals surface area contributed by atoms with Crippen molar-refractivity contribution in [2.45, 2.75) is 83.3 Å². The molecular weight excluding hydrogens is 745 g/mol. The summed E-state index contributed by atoms with van der Waals surface area (Å²) in [5.74, 6) is -0.261. The Morgan fingerprint density at radius 1 is 0.929 bits per heavy atom. The Balaban J connectivity index is 1.07. The number of hydrogen-bond donors (Lipinski definition) is 2. The van der Waals surface area contributed by atoms with Gasteiger partial charge in [0.25, 0.3) is 0 Å². The van der Waals surface area contributed by atoms with Gasteiger partial charge < -0.3 is 19.8 Å². The predicted octanol–water partition coefficient (Wildman–Crippen LogP) is 10.1. The summed E-state index contributed by atoms with van der Waals surface area (Å²) in [7, 11) is 0. The quantitative estimate of drug-likeness (QED) is 0.165. The lowest BCUT2D eigenvalue weighted by Gasteiger charge is -2.71. The Hall–Kier alpha value is -3.82. The number of carbonyl (C=O) groups is 2.